The first-order valence-electron chi connectivity index (χ1n) is 4.02. The normalized spacial score (nSPS) is 12.9. The number of thiophene rings is 1. The van der Waals surface area contributed by atoms with Gasteiger partial charge < -0.3 is 5.21 Å². The van der Waals surface area contributed by atoms with E-state index >= 15 is 0 Å². The number of hydrogen-bond acceptors (Lipinski definition) is 3. The standard InChI is InChI=1S/C10H13NOS/c1-4-10(2,3)9(11-12)8-6-5-7-13-8/h4-7,12H,1H2,2-3H3/b11-9+. The molecule has 3 heteroatoms. The van der Waals surface area contributed by atoms with E-state index < -0.39 is 0 Å². The third kappa shape index (κ3) is 1.98. The van der Waals surface area contributed by atoms with Crippen LogP contribution in [0, 0.1) is 5.41 Å². The number of allylic oxidation sites excluding steroid dienone is 1. The molecule has 0 aliphatic heterocycles. The minimum atomic E-state index is -0.292. The molecule has 1 N–H and O–H groups in total. The number of rotatable bonds is 3. The summed E-state index contributed by atoms with van der Waals surface area (Å²) in [7, 11) is 0. The molecule has 70 valence electrons. The second-order valence-electron chi connectivity index (χ2n) is 3.35. The van der Waals surface area contributed by atoms with Crippen molar-refractivity contribution in [3.63, 3.8) is 0 Å². The van der Waals surface area contributed by atoms with Crippen molar-refractivity contribution in [3.05, 3.63) is 35.0 Å². The Hall–Kier alpha value is -1.09. The van der Waals surface area contributed by atoms with Crippen LogP contribution in [0.15, 0.2) is 35.3 Å². The molecule has 0 atom stereocenters. The Morgan fingerprint density at radius 1 is 1.69 bits per heavy atom. The molecule has 0 aliphatic rings. The van der Waals surface area contributed by atoms with Crippen LogP contribution in [-0.2, 0) is 0 Å². The average molecular weight is 195 g/mol. The lowest BCUT2D eigenvalue weighted by atomic mass is 9.87. The molecular weight excluding hydrogens is 182 g/mol. The molecule has 0 saturated carbocycles. The van der Waals surface area contributed by atoms with Crippen LogP contribution in [0.2, 0.25) is 0 Å². The van der Waals surface area contributed by atoms with Crippen LogP contribution in [0.1, 0.15) is 18.7 Å². The van der Waals surface area contributed by atoms with Crippen LogP contribution in [0.25, 0.3) is 0 Å². The first-order chi connectivity index (χ1) is 6.11. The van der Waals surface area contributed by atoms with Crippen molar-refractivity contribution in [2.24, 2.45) is 10.6 Å². The maximum atomic E-state index is 8.91. The zero-order valence-electron chi connectivity index (χ0n) is 7.82. The SMILES string of the molecule is C=CC(C)(C)/C(=N/O)c1cccs1. The van der Waals surface area contributed by atoms with E-state index in [9.17, 15) is 0 Å². The van der Waals surface area contributed by atoms with Gasteiger partial charge in [0.2, 0.25) is 0 Å². The van der Waals surface area contributed by atoms with Gasteiger partial charge in [0.25, 0.3) is 0 Å². The van der Waals surface area contributed by atoms with Gasteiger partial charge in [-0.25, -0.2) is 0 Å². The van der Waals surface area contributed by atoms with Gasteiger partial charge in [0, 0.05) is 5.41 Å². The Labute approximate surface area is 82.2 Å². The first kappa shape index (κ1) is 9.99. The summed E-state index contributed by atoms with van der Waals surface area (Å²) in [6.45, 7) is 7.66. The van der Waals surface area contributed by atoms with Crippen LogP contribution in [0.3, 0.4) is 0 Å². The highest BCUT2D eigenvalue weighted by atomic mass is 32.1. The van der Waals surface area contributed by atoms with E-state index in [1.165, 1.54) is 0 Å². The van der Waals surface area contributed by atoms with Crippen molar-refractivity contribution < 1.29 is 5.21 Å². The van der Waals surface area contributed by atoms with Crippen LogP contribution in [-0.4, -0.2) is 10.9 Å². The second kappa shape index (κ2) is 3.75. The number of nitrogens with zero attached hydrogens (tertiary/aromatic N) is 1. The van der Waals surface area contributed by atoms with Gasteiger partial charge in [-0.1, -0.05) is 31.1 Å². The predicted molar refractivity (Wildman–Crippen MR) is 56.6 cm³/mol. The van der Waals surface area contributed by atoms with Crippen molar-refractivity contribution >= 4 is 17.0 Å². The third-order valence-electron chi connectivity index (χ3n) is 1.98. The van der Waals surface area contributed by atoms with Gasteiger partial charge >= 0.3 is 0 Å². The molecule has 0 amide bonds. The molecule has 1 rings (SSSR count). The van der Waals surface area contributed by atoms with Gasteiger partial charge in [-0.3, -0.25) is 0 Å². The van der Waals surface area contributed by atoms with Crippen molar-refractivity contribution in [2.45, 2.75) is 13.8 Å². The molecule has 0 radical (unpaired) electrons. The first-order valence-corrected chi connectivity index (χ1v) is 4.90. The molecule has 0 spiro atoms. The fraction of sp³-hybridized carbons (Fsp3) is 0.300. The van der Waals surface area contributed by atoms with E-state index in [1.807, 2.05) is 31.4 Å². The van der Waals surface area contributed by atoms with Crippen LogP contribution in [0.5, 0.6) is 0 Å². The van der Waals surface area contributed by atoms with Gasteiger partial charge in [-0.15, -0.1) is 17.9 Å². The second-order valence-corrected chi connectivity index (χ2v) is 4.30. The Kier molecular flexibility index (Phi) is 2.88. The van der Waals surface area contributed by atoms with E-state index in [-0.39, 0.29) is 5.41 Å². The Morgan fingerprint density at radius 3 is 2.77 bits per heavy atom. The van der Waals surface area contributed by atoms with Gasteiger partial charge in [-0.05, 0) is 11.4 Å². The average Bonchev–Trinajstić information content (AvgIpc) is 2.58. The summed E-state index contributed by atoms with van der Waals surface area (Å²) in [5.74, 6) is 0. The van der Waals surface area contributed by atoms with E-state index in [1.54, 1.807) is 17.4 Å². The maximum Gasteiger partial charge on any atom is 0.106 e. The Balaban J connectivity index is 3.08. The molecule has 0 aromatic carbocycles. The molecular formula is C10H13NOS. The number of hydrogen-bond donors (Lipinski definition) is 1. The summed E-state index contributed by atoms with van der Waals surface area (Å²) in [6.07, 6.45) is 1.78. The summed E-state index contributed by atoms with van der Waals surface area (Å²) >= 11 is 1.56. The lowest BCUT2D eigenvalue weighted by Gasteiger charge is -2.19. The van der Waals surface area contributed by atoms with Crippen LogP contribution < -0.4 is 0 Å². The molecule has 13 heavy (non-hydrogen) atoms. The lowest BCUT2D eigenvalue weighted by molar-refractivity contribution is 0.313. The zero-order chi connectivity index (χ0) is 9.90. The topological polar surface area (TPSA) is 32.6 Å². The molecule has 0 saturated heterocycles. The van der Waals surface area contributed by atoms with Crippen LogP contribution >= 0.6 is 11.3 Å². The predicted octanol–water partition coefficient (Wildman–Crippen LogP) is 3.14. The quantitative estimate of drug-likeness (QED) is 0.342. The number of oxime groups is 1. The highest BCUT2D eigenvalue weighted by molar-refractivity contribution is 7.12. The summed E-state index contributed by atoms with van der Waals surface area (Å²) in [4.78, 5) is 0.979. The van der Waals surface area contributed by atoms with Gasteiger partial charge in [0.1, 0.15) is 5.71 Å². The van der Waals surface area contributed by atoms with E-state index in [0.717, 1.165) is 4.88 Å². The molecule has 0 fully saturated rings. The minimum absolute atomic E-state index is 0.292. The van der Waals surface area contributed by atoms with E-state index in [4.69, 9.17) is 5.21 Å². The van der Waals surface area contributed by atoms with E-state index in [2.05, 4.69) is 11.7 Å². The monoisotopic (exact) mass is 195 g/mol. The summed E-state index contributed by atoms with van der Waals surface area (Å²) in [5, 5.41) is 14.2. The van der Waals surface area contributed by atoms with Crippen molar-refractivity contribution in [3.8, 4) is 0 Å². The minimum Gasteiger partial charge on any atom is -0.411 e. The fourth-order valence-electron chi connectivity index (χ4n) is 1.01. The maximum absolute atomic E-state index is 8.91. The Bertz CT molecular complexity index is 312. The summed E-state index contributed by atoms with van der Waals surface area (Å²) < 4.78 is 0. The molecule has 0 bridgehead atoms. The molecule has 2 nitrogen and oxygen atoms in total. The molecule has 0 aliphatic carbocycles. The fourth-order valence-corrected chi connectivity index (χ4v) is 1.88. The van der Waals surface area contributed by atoms with Gasteiger partial charge in [-0.2, -0.15) is 0 Å². The smallest absolute Gasteiger partial charge is 0.106 e. The Morgan fingerprint density at radius 2 is 2.38 bits per heavy atom. The highest BCUT2D eigenvalue weighted by Gasteiger charge is 2.24. The van der Waals surface area contributed by atoms with Crippen molar-refractivity contribution in [1.82, 2.24) is 0 Å². The molecule has 0 unspecified atom stereocenters. The van der Waals surface area contributed by atoms with Gasteiger partial charge in [0.15, 0.2) is 0 Å². The molecule has 1 aromatic rings. The summed E-state index contributed by atoms with van der Waals surface area (Å²) in [5.41, 5.74) is 0.372. The van der Waals surface area contributed by atoms with Crippen molar-refractivity contribution in [2.75, 3.05) is 0 Å². The largest absolute Gasteiger partial charge is 0.411 e. The summed E-state index contributed by atoms with van der Waals surface area (Å²) in [6, 6.07) is 3.87. The van der Waals surface area contributed by atoms with Crippen molar-refractivity contribution in [1.29, 1.82) is 0 Å². The van der Waals surface area contributed by atoms with Crippen LogP contribution in [0.4, 0.5) is 0 Å². The third-order valence-corrected chi connectivity index (χ3v) is 2.85. The van der Waals surface area contributed by atoms with Gasteiger partial charge in [0.05, 0.1) is 4.88 Å². The lowest BCUT2D eigenvalue weighted by Crippen LogP contribution is -2.21. The molecule has 1 heterocycles. The molecule has 1 aromatic heterocycles. The zero-order valence-corrected chi connectivity index (χ0v) is 8.64. The highest BCUT2D eigenvalue weighted by Crippen LogP contribution is 2.26. The van der Waals surface area contributed by atoms with E-state index in [0.29, 0.717) is 5.71 Å².